The van der Waals surface area contributed by atoms with Gasteiger partial charge in [0.1, 0.15) is 0 Å². The van der Waals surface area contributed by atoms with Crippen LogP contribution in [0.25, 0.3) is 5.57 Å². The van der Waals surface area contributed by atoms with Gasteiger partial charge in [0.15, 0.2) is 0 Å². The van der Waals surface area contributed by atoms with Crippen molar-refractivity contribution in [2.75, 3.05) is 19.7 Å². The Labute approximate surface area is 162 Å². The van der Waals surface area contributed by atoms with E-state index in [-0.39, 0.29) is 30.5 Å². The highest BCUT2D eigenvalue weighted by Crippen LogP contribution is 2.44. The number of carbonyl (C=O) groups is 1. The maximum atomic E-state index is 11.8. The summed E-state index contributed by atoms with van der Waals surface area (Å²) in [5.74, 6) is 1.18. The number of hydrogen-bond donors (Lipinski definition) is 2. The number of carbonyl (C=O) groups excluding carboxylic acids is 1. The van der Waals surface area contributed by atoms with Gasteiger partial charge in [-0.15, -0.1) is 0 Å². The van der Waals surface area contributed by atoms with Crippen molar-refractivity contribution in [1.82, 2.24) is 10.2 Å². The Morgan fingerprint density at radius 1 is 1.22 bits per heavy atom. The first-order chi connectivity index (χ1) is 13.2. The van der Waals surface area contributed by atoms with Crippen LogP contribution in [0.3, 0.4) is 0 Å². The van der Waals surface area contributed by atoms with Crippen molar-refractivity contribution >= 4 is 11.5 Å². The lowest BCUT2D eigenvalue weighted by Gasteiger charge is -2.55. The molecule has 4 heteroatoms. The van der Waals surface area contributed by atoms with Crippen LogP contribution in [0.4, 0.5) is 0 Å². The summed E-state index contributed by atoms with van der Waals surface area (Å²) in [7, 11) is 0. The van der Waals surface area contributed by atoms with E-state index in [2.05, 4.69) is 40.6 Å². The molecule has 0 spiro atoms. The van der Waals surface area contributed by atoms with E-state index in [1.54, 1.807) is 0 Å². The predicted octanol–water partition coefficient (Wildman–Crippen LogP) is 3.32. The molecule has 1 amide bonds. The zero-order valence-corrected chi connectivity index (χ0v) is 16.4. The van der Waals surface area contributed by atoms with E-state index < -0.39 is 0 Å². The van der Waals surface area contributed by atoms with Gasteiger partial charge in [-0.2, -0.15) is 0 Å². The SMILES string of the molecule is CCC(=O)NC[C@H]1[C@@H](c2ccc(C3=CCCC3)cc2)[C@@H](CO)N1CC1CC1. The molecule has 0 unspecified atom stereocenters. The fraction of sp³-hybridized carbons (Fsp3) is 0.609. The van der Waals surface area contributed by atoms with Gasteiger partial charge in [0, 0.05) is 37.5 Å². The monoisotopic (exact) mass is 368 g/mol. The van der Waals surface area contributed by atoms with Crippen LogP contribution in [-0.4, -0.2) is 47.7 Å². The molecular weight excluding hydrogens is 336 g/mol. The molecule has 0 aromatic heterocycles. The number of rotatable bonds is 8. The summed E-state index contributed by atoms with van der Waals surface area (Å²) in [6.07, 6.45) is 9.13. The highest BCUT2D eigenvalue weighted by molar-refractivity contribution is 5.75. The summed E-state index contributed by atoms with van der Waals surface area (Å²) >= 11 is 0. The summed E-state index contributed by atoms with van der Waals surface area (Å²) < 4.78 is 0. The van der Waals surface area contributed by atoms with Gasteiger partial charge in [-0.25, -0.2) is 0 Å². The number of amides is 1. The van der Waals surface area contributed by atoms with Crippen LogP contribution in [0.1, 0.15) is 62.5 Å². The normalized spacial score (nSPS) is 27.9. The third-order valence-corrected chi connectivity index (χ3v) is 6.57. The minimum absolute atomic E-state index is 0.107. The zero-order chi connectivity index (χ0) is 18.8. The molecule has 1 aliphatic heterocycles. The third-order valence-electron chi connectivity index (χ3n) is 6.57. The zero-order valence-electron chi connectivity index (χ0n) is 16.4. The Balaban J connectivity index is 1.50. The van der Waals surface area contributed by atoms with Crippen LogP contribution < -0.4 is 5.32 Å². The van der Waals surface area contributed by atoms with Gasteiger partial charge in [0.2, 0.25) is 5.91 Å². The number of nitrogens with zero attached hydrogens (tertiary/aromatic N) is 1. The van der Waals surface area contributed by atoms with Gasteiger partial charge in [-0.05, 0) is 54.7 Å². The average molecular weight is 369 g/mol. The first-order valence-electron chi connectivity index (χ1n) is 10.6. The second-order valence-electron chi connectivity index (χ2n) is 8.38. The third kappa shape index (κ3) is 3.97. The number of allylic oxidation sites excluding steroid dienone is 2. The maximum Gasteiger partial charge on any atom is 0.219 e. The van der Waals surface area contributed by atoms with E-state index >= 15 is 0 Å². The summed E-state index contributed by atoms with van der Waals surface area (Å²) in [6, 6.07) is 9.43. The first kappa shape index (κ1) is 18.7. The highest BCUT2D eigenvalue weighted by atomic mass is 16.3. The lowest BCUT2D eigenvalue weighted by molar-refractivity contribution is -0.122. The minimum atomic E-state index is 0.107. The molecule has 0 bridgehead atoms. The van der Waals surface area contributed by atoms with E-state index in [0.29, 0.717) is 13.0 Å². The Hall–Kier alpha value is -1.65. The molecule has 146 valence electrons. The summed E-state index contributed by atoms with van der Waals surface area (Å²) in [5, 5.41) is 13.1. The maximum absolute atomic E-state index is 11.8. The highest BCUT2D eigenvalue weighted by Gasteiger charge is 2.49. The quantitative estimate of drug-likeness (QED) is 0.740. The van der Waals surface area contributed by atoms with Crippen molar-refractivity contribution < 1.29 is 9.90 Å². The Morgan fingerprint density at radius 2 is 2.00 bits per heavy atom. The van der Waals surface area contributed by atoms with Crippen LogP contribution in [-0.2, 0) is 4.79 Å². The smallest absolute Gasteiger partial charge is 0.219 e. The van der Waals surface area contributed by atoms with Gasteiger partial charge in [0.05, 0.1) is 6.61 Å². The number of aliphatic hydroxyl groups is 1. The largest absolute Gasteiger partial charge is 0.395 e. The van der Waals surface area contributed by atoms with E-state index in [4.69, 9.17) is 0 Å². The van der Waals surface area contributed by atoms with Crippen LogP contribution in [0.15, 0.2) is 30.3 Å². The van der Waals surface area contributed by atoms with Gasteiger partial charge in [0.25, 0.3) is 0 Å². The number of likely N-dealkylation sites (tertiary alicyclic amines) is 1. The van der Waals surface area contributed by atoms with E-state index in [1.165, 1.54) is 48.8 Å². The summed E-state index contributed by atoms with van der Waals surface area (Å²) in [4.78, 5) is 14.2. The van der Waals surface area contributed by atoms with E-state index in [0.717, 1.165) is 12.5 Å². The molecule has 3 aliphatic rings. The second-order valence-corrected chi connectivity index (χ2v) is 8.38. The fourth-order valence-electron chi connectivity index (χ4n) is 4.79. The molecule has 1 heterocycles. The lowest BCUT2D eigenvalue weighted by Crippen LogP contribution is -2.67. The summed E-state index contributed by atoms with van der Waals surface area (Å²) in [6.45, 7) is 3.80. The standard InChI is InChI=1S/C23H32N2O2/c1-2-22(27)24-13-20-23(21(15-26)25(20)14-16-7-8-16)19-11-9-18(10-12-19)17-5-3-4-6-17/h5,9-12,16,20-21,23,26H,2-4,6-8,13-15H2,1H3,(H,24,27)/t20-,21+,23+/m0/s1. The minimum Gasteiger partial charge on any atom is -0.395 e. The molecule has 2 N–H and O–H groups in total. The number of aliphatic hydroxyl groups excluding tert-OH is 1. The van der Waals surface area contributed by atoms with Crippen LogP contribution in [0, 0.1) is 5.92 Å². The Kier molecular flexibility index (Phi) is 5.65. The van der Waals surface area contributed by atoms with Crippen molar-refractivity contribution in [3.8, 4) is 0 Å². The number of nitrogens with one attached hydrogen (secondary N) is 1. The molecule has 1 saturated heterocycles. The van der Waals surface area contributed by atoms with Gasteiger partial charge in [-0.3, -0.25) is 9.69 Å². The van der Waals surface area contributed by atoms with Crippen molar-refractivity contribution in [2.24, 2.45) is 5.92 Å². The predicted molar refractivity (Wildman–Crippen MR) is 108 cm³/mol. The van der Waals surface area contributed by atoms with Crippen molar-refractivity contribution in [3.63, 3.8) is 0 Å². The molecule has 27 heavy (non-hydrogen) atoms. The average Bonchev–Trinajstić information content (AvgIpc) is 3.35. The van der Waals surface area contributed by atoms with Crippen molar-refractivity contribution in [3.05, 3.63) is 41.5 Å². The van der Waals surface area contributed by atoms with Crippen molar-refractivity contribution in [2.45, 2.75) is 63.5 Å². The van der Waals surface area contributed by atoms with E-state index in [9.17, 15) is 9.90 Å². The van der Waals surface area contributed by atoms with Crippen molar-refractivity contribution in [1.29, 1.82) is 0 Å². The molecule has 4 nitrogen and oxygen atoms in total. The Morgan fingerprint density at radius 3 is 2.59 bits per heavy atom. The molecule has 0 radical (unpaired) electrons. The second kappa shape index (κ2) is 8.15. The Bertz CT molecular complexity index is 693. The van der Waals surface area contributed by atoms with Gasteiger partial charge in [-0.1, -0.05) is 37.3 Å². The fourth-order valence-corrected chi connectivity index (χ4v) is 4.79. The molecule has 2 aliphatic carbocycles. The number of benzene rings is 1. The van der Waals surface area contributed by atoms with Gasteiger partial charge < -0.3 is 10.4 Å². The topological polar surface area (TPSA) is 52.6 Å². The molecule has 1 aromatic rings. The molecule has 3 atom stereocenters. The molecule has 1 saturated carbocycles. The number of hydrogen-bond acceptors (Lipinski definition) is 3. The molecular formula is C23H32N2O2. The van der Waals surface area contributed by atoms with E-state index in [1.807, 2.05) is 6.92 Å². The van der Waals surface area contributed by atoms with Crippen LogP contribution in [0.2, 0.25) is 0 Å². The van der Waals surface area contributed by atoms with Gasteiger partial charge >= 0.3 is 0 Å². The summed E-state index contributed by atoms with van der Waals surface area (Å²) in [5.41, 5.74) is 4.09. The molecule has 4 rings (SSSR count). The first-order valence-corrected chi connectivity index (χ1v) is 10.6. The molecule has 1 aromatic carbocycles. The van der Waals surface area contributed by atoms with Crippen LogP contribution in [0.5, 0.6) is 0 Å². The molecule has 2 fully saturated rings. The lowest BCUT2D eigenvalue weighted by atomic mass is 9.74. The van der Waals surface area contributed by atoms with Crippen LogP contribution >= 0.6 is 0 Å².